The van der Waals surface area contributed by atoms with Gasteiger partial charge in [-0.05, 0) is 18.3 Å². The fraction of sp³-hybridized carbons (Fsp3) is 1.00. The van der Waals surface area contributed by atoms with Crippen molar-refractivity contribution in [3.05, 3.63) is 0 Å². The van der Waals surface area contributed by atoms with E-state index in [9.17, 15) is 16.8 Å². The maximum Gasteiger partial charge on any atom is 0.226 e. The van der Waals surface area contributed by atoms with E-state index in [0.29, 0.717) is 5.88 Å². The molecule has 0 amide bonds. The molecule has 0 heterocycles. The zero-order valence-electron chi connectivity index (χ0n) is 9.78. The summed E-state index contributed by atoms with van der Waals surface area (Å²) < 4.78 is 47.3. The van der Waals surface area contributed by atoms with Crippen molar-refractivity contribution in [1.29, 1.82) is 0 Å². The van der Waals surface area contributed by atoms with E-state index in [1.165, 1.54) is 0 Å². The average Bonchev–Trinajstić information content (AvgIpc) is 2.60. The zero-order chi connectivity index (χ0) is 13.2. The first-order valence-corrected chi connectivity index (χ1v) is 9.64. The Balaban J connectivity index is 2.60. The number of rotatable bonds is 6. The van der Waals surface area contributed by atoms with Gasteiger partial charge in [0, 0.05) is 18.7 Å². The van der Waals surface area contributed by atoms with Gasteiger partial charge in [0.05, 0.1) is 0 Å². The number of nitrogens with one attached hydrogen (secondary N) is 1. The van der Waals surface area contributed by atoms with E-state index in [-0.39, 0.29) is 12.0 Å². The van der Waals surface area contributed by atoms with Gasteiger partial charge in [0.15, 0.2) is 14.9 Å². The third kappa shape index (κ3) is 5.11. The molecule has 8 heteroatoms. The first-order chi connectivity index (χ1) is 7.68. The lowest BCUT2D eigenvalue weighted by molar-refractivity contribution is 0.342. The molecule has 0 spiro atoms. The van der Waals surface area contributed by atoms with E-state index in [2.05, 4.69) is 4.72 Å². The number of hydrogen-bond donors (Lipinski definition) is 1. The summed E-state index contributed by atoms with van der Waals surface area (Å²) in [6, 6.07) is 0. The summed E-state index contributed by atoms with van der Waals surface area (Å²) in [5, 5.41) is -0.863. The van der Waals surface area contributed by atoms with Crippen LogP contribution in [-0.2, 0) is 19.9 Å². The molecular weight excluding hydrogens is 286 g/mol. The van der Waals surface area contributed by atoms with Gasteiger partial charge >= 0.3 is 0 Å². The van der Waals surface area contributed by atoms with E-state index in [1.807, 2.05) is 0 Å². The summed E-state index contributed by atoms with van der Waals surface area (Å²) in [6.07, 6.45) is 4.76. The highest BCUT2D eigenvalue weighted by Gasteiger charge is 2.34. The largest absolute Gasteiger partial charge is 0.228 e. The van der Waals surface area contributed by atoms with Gasteiger partial charge in [0.1, 0.15) is 0 Å². The Morgan fingerprint density at radius 2 is 1.71 bits per heavy atom. The van der Waals surface area contributed by atoms with Gasteiger partial charge in [-0.3, -0.25) is 0 Å². The molecule has 17 heavy (non-hydrogen) atoms. The topological polar surface area (TPSA) is 80.3 Å². The molecule has 0 atom stereocenters. The Labute approximate surface area is 108 Å². The van der Waals surface area contributed by atoms with Crippen molar-refractivity contribution in [1.82, 2.24) is 4.72 Å². The van der Waals surface area contributed by atoms with Crippen LogP contribution in [0.1, 0.15) is 25.7 Å². The second-order valence-corrected chi connectivity index (χ2v) is 9.40. The molecule has 0 aromatic carbocycles. The Bertz CT molecular complexity index is 451. The lowest BCUT2D eigenvalue weighted by Gasteiger charge is -2.26. The fourth-order valence-electron chi connectivity index (χ4n) is 2.07. The number of halogens is 1. The third-order valence-corrected chi connectivity index (χ3v) is 7.09. The smallest absolute Gasteiger partial charge is 0.226 e. The Morgan fingerprint density at radius 3 is 2.12 bits per heavy atom. The molecule has 0 aliphatic heterocycles. The van der Waals surface area contributed by atoms with Gasteiger partial charge in [0.2, 0.25) is 10.0 Å². The summed E-state index contributed by atoms with van der Waals surface area (Å²) in [5.41, 5.74) is -0.202. The van der Waals surface area contributed by atoms with Crippen LogP contribution in [0, 0.1) is 5.41 Å². The summed E-state index contributed by atoms with van der Waals surface area (Å²) in [7, 11) is -7.31. The van der Waals surface area contributed by atoms with E-state index < -0.39 is 24.9 Å². The minimum absolute atomic E-state index is 0.202. The van der Waals surface area contributed by atoms with E-state index >= 15 is 0 Å². The van der Waals surface area contributed by atoms with Gasteiger partial charge < -0.3 is 0 Å². The van der Waals surface area contributed by atoms with Crippen molar-refractivity contribution in [3.63, 3.8) is 0 Å². The summed E-state index contributed by atoms with van der Waals surface area (Å²) in [5.74, 6) is 0.397. The molecule has 1 aliphatic carbocycles. The molecule has 0 unspecified atom stereocenters. The normalized spacial score (nSPS) is 20.6. The van der Waals surface area contributed by atoms with Gasteiger partial charge in [-0.2, -0.15) is 0 Å². The highest BCUT2D eigenvalue weighted by molar-refractivity contribution is 8.06. The predicted molar refractivity (Wildman–Crippen MR) is 68.3 cm³/mol. The van der Waals surface area contributed by atoms with Crippen molar-refractivity contribution < 1.29 is 16.8 Å². The fourth-order valence-corrected chi connectivity index (χ4v) is 5.55. The third-order valence-electron chi connectivity index (χ3n) is 2.98. The Morgan fingerprint density at radius 1 is 1.18 bits per heavy atom. The van der Waals surface area contributed by atoms with Crippen LogP contribution < -0.4 is 4.72 Å². The Kier molecular flexibility index (Phi) is 4.85. The maximum atomic E-state index is 11.5. The molecular formula is C9H18ClNO4S2. The average molecular weight is 304 g/mol. The molecule has 1 rings (SSSR count). The molecule has 0 bridgehead atoms. The van der Waals surface area contributed by atoms with Crippen molar-refractivity contribution in [2.45, 2.75) is 25.7 Å². The molecule has 102 valence electrons. The first-order valence-electron chi connectivity index (χ1n) is 5.39. The van der Waals surface area contributed by atoms with Gasteiger partial charge in [-0.15, -0.1) is 11.6 Å². The van der Waals surface area contributed by atoms with Gasteiger partial charge in [-0.1, -0.05) is 12.8 Å². The van der Waals surface area contributed by atoms with Gasteiger partial charge in [-0.25, -0.2) is 21.6 Å². The van der Waals surface area contributed by atoms with Gasteiger partial charge in [0.25, 0.3) is 0 Å². The number of sulfonamides is 1. The van der Waals surface area contributed by atoms with Crippen LogP contribution in [0.4, 0.5) is 0 Å². The molecule has 0 aromatic heterocycles. The first kappa shape index (κ1) is 15.2. The van der Waals surface area contributed by atoms with Crippen molar-refractivity contribution in [3.8, 4) is 0 Å². The van der Waals surface area contributed by atoms with Crippen LogP contribution in [0.5, 0.6) is 0 Å². The highest BCUT2D eigenvalue weighted by atomic mass is 35.5. The molecule has 1 fully saturated rings. The van der Waals surface area contributed by atoms with Crippen LogP contribution in [-0.4, -0.2) is 40.6 Å². The molecule has 1 saturated carbocycles. The lowest BCUT2D eigenvalue weighted by atomic mass is 9.89. The van der Waals surface area contributed by atoms with Crippen molar-refractivity contribution in [2.75, 3.05) is 23.8 Å². The van der Waals surface area contributed by atoms with E-state index in [1.54, 1.807) is 0 Å². The highest BCUT2D eigenvalue weighted by Crippen LogP contribution is 2.38. The van der Waals surface area contributed by atoms with E-state index in [4.69, 9.17) is 11.6 Å². The van der Waals surface area contributed by atoms with Crippen LogP contribution in [0.3, 0.4) is 0 Å². The van der Waals surface area contributed by atoms with Crippen LogP contribution in [0.2, 0.25) is 0 Å². The summed E-state index contributed by atoms with van der Waals surface area (Å²) in [4.78, 5) is 0. The monoisotopic (exact) mass is 303 g/mol. The number of hydrogen-bond acceptors (Lipinski definition) is 4. The van der Waals surface area contributed by atoms with Crippen molar-refractivity contribution >= 4 is 31.5 Å². The van der Waals surface area contributed by atoms with Crippen LogP contribution in [0.15, 0.2) is 0 Å². The number of sulfone groups is 1. The predicted octanol–water partition coefficient (Wildman–Crippen LogP) is 0.707. The molecule has 1 aliphatic rings. The van der Waals surface area contributed by atoms with Crippen molar-refractivity contribution in [2.24, 2.45) is 5.41 Å². The summed E-state index contributed by atoms with van der Waals surface area (Å²) in [6.45, 7) is 0.231. The Hall–Kier alpha value is 0.150. The molecule has 1 N–H and O–H groups in total. The summed E-state index contributed by atoms with van der Waals surface area (Å²) >= 11 is 5.87. The zero-order valence-corrected chi connectivity index (χ0v) is 12.2. The second kappa shape index (κ2) is 5.42. The lowest BCUT2D eigenvalue weighted by Crippen LogP contribution is -2.39. The number of alkyl halides is 1. The second-order valence-electron chi connectivity index (χ2n) is 4.82. The quantitative estimate of drug-likeness (QED) is 0.733. The van der Waals surface area contributed by atoms with Crippen LogP contribution in [0.25, 0.3) is 0 Å². The van der Waals surface area contributed by atoms with E-state index in [0.717, 1.165) is 31.9 Å². The SMILES string of the molecule is CS(=O)(=O)CS(=O)(=O)NCC1(CCl)CCCC1. The molecule has 5 nitrogen and oxygen atoms in total. The molecule has 0 saturated heterocycles. The minimum Gasteiger partial charge on any atom is -0.228 e. The standard InChI is InChI=1S/C9H18ClNO4S2/c1-16(12,13)8-17(14,15)11-7-9(6-10)4-2-3-5-9/h11H,2-8H2,1H3. The van der Waals surface area contributed by atoms with Crippen LogP contribution >= 0.6 is 11.6 Å². The maximum absolute atomic E-state index is 11.5. The minimum atomic E-state index is -3.77. The molecule has 0 radical (unpaired) electrons. The molecule has 0 aromatic rings.